The first-order valence-electron chi connectivity index (χ1n) is 5.60. The van der Waals surface area contributed by atoms with Crippen molar-refractivity contribution in [2.45, 2.75) is 32.7 Å². The van der Waals surface area contributed by atoms with Gasteiger partial charge >= 0.3 is 0 Å². The summed E-state index contributed by atoms with van der Waals surface area (Å²) in [6.07, 6.45) is 0.353. The molecule has 0 atom stereocenters. The van der Waals surface area contributed by atoms with Gasteiger partial charge in [-0.3, -0.25) is 9.59 Å². The van der Waals surface area contributed by atoms with Gasteiger partial charge in [-0.25, -0.2) is 0 Å². The molecule has 17 heavy (non-hydrogen) atoms. The number of fused-ring (bicyclic) bond motifs is 1. The minimum absolute atomic E-state index is 0.0200. The van der Waals surface area contributed by atoms with Gasteiger partial charge in [-0.1, -0.05) is 0 Å². The highest BCUT2D eigenvalue weighted by molar-refractivity contribution is 6.01. The van der Waals surface area contributed by atoms with E-state index >= 15 is 0 Å². The van der Waals surface area contributed by atoms with Gasteiger partial charge in [0.15, 0.2) is 0 Å². The molecule has 1 aromatic rings. The number of nitrogens with one attached hydrogen (secondary N) is 2. The molecule has 0 aliphatic carbocycles. The molecular weight excluding hydrogens is 216 g/mol. The lowest BCUT2D eigenvalue weighted by atomic mass is 10.1. The minimum Gasteiger partial charge on any atom is -0.347 e. The fourth-order valence-electron chi connectivity index (χ4n) is 1.78. The molecule has 90 valence electrons. The number of benzene rings is 1. The monoisotopic (exact) mass is 232 g/mol. The zero-order chi connectivity index (χ0) is 12.6. The van der Waals surface area contributed by atoms with Crippen molar-refractivity contribution in [3.05, 3.63) is 29.3 Å². The summed E-state index contributed by atoms with van der Waals surface area (Å²) < 4.78 is 0. The van der Waals surface area contributed by atoms with Crippen LogP contribution in [0.15, 0.2) is 18.2 Å². The SMILES string of the molecule is CC(C)(C)NC(=O)c1ccc2c(c1)CC(=O)N2. The Morgan fingerprint density at radius 3 is 2.71 bits per heavy atom. The number of anilines is 1. The first-order valence-corrected chi connectivity index (χ1v) is 5.60. The van der Waals surface area contributed by atoms with E-state index in [1.165, 1.54) is 0 Å². The van der Waals surface area contributed by atoms with Gasteiger partial charge in [0, 0.05) is 16.8 Å². The molecule has 0 saturated carbocycles. The van der Waals surface area contributed by atoms with Gasteiger partial charge in [-0.15, -0.1) is 0 Å². The van der Waals surface area contributed by atoms with Crippen LogP contribution >= 0.6 is 0 Å². The zero-order valence-electron chi connectivity index (χ0n) is 10.3. The van der Waals surface area contributed by atoms with Crippen molar-refractivity contribution < 1.29 is 9.59 Å². The maximum Gasteiger partial charge on any atom is 0.251 e. The second-order valence-electron chi connectivity index (χ2n) is 5.30. The van der Waals surface area contributed by atoms with E-state index in [9.17, 15) is 9.59 Å². The van der Waals surface area contributed by atoms with E-state index in [1.54, 1.807) is 18.2 Å². The lowest BCUT2D eigenvalue weighted by Crippen LogP contribution is -2.40. The standard InChI is InChI=1S/C13H16N2O2/c1-13(2,3)15-12(17)8-4-5-10-9(6-8)7-11(16)14-10/h4-6H,7H2,1-3H3,(H,14,16)(H,15,17). The van der Waals surface area contributed by atoms with Crippen molar-refractivity contribution in [2.24, 2.45) is 0 Å². The summed E-state index contributed by atoms with van der Waals surface area (Å²) in [6.45, 7) is 5.80. The van der Waals surface area contributed by atoms with E-state index in [-0.39, 0.29) is 17.4 Å². The quantitative estimate of drug-likeness (QED) is 0.774. The molecule has 2 N–H and O–H groups in total. The lowest BCUT2D eigenvalue weighted by molar-refractivity contribution is -0.115. The maximum atomic E-state index is 11.9. The molecule has 1 aliphatic rings. The molecule has 2 amide bonds. The Morgan fingerprint density at radius 2 is 2.06 bits per heavy atom. The summed E-state index contributed by atoms with van der Waals surface area (Å²) in [5.74, 6) is -0.131. The average molecular weight is 232 g/mol. The van der Waals surface area contributed by atoms with Crippen molar-refractivity contribution in [3.8, 4) is 0 Å². The van der Waals surface area contributed by atoms with Crippen LogP contribution in [-0.4, -0.2) is 17.4 Å². The van der Waals surface area contributed by atoms with Gasteiger partial charge in [0.25, 0.3) is 5.91 Å². The Labute approximate surface area is 100 Å². The van der Waals surface area contributed by atoms with Crippen LogP contribution in [0.2, 0.25) is 0 Å². The Hall–Kier alpha value is -1.84. The number of amides is 2. The number of rotatable bonds is 1. The predicted octanol–water partition coefficient (Wildman–Crippen LogP) is 1.71. The molecule has 0 bridgehead atoms. The molecule has 1 heterocycles. The normalized spacial score (nSPS) is 14.2. The molecule has 2 rings (SSSR count). The molecule has 0 fully saturated rings. The topological polar surface area (TPSA) is 58.2 Å². The van der Waals surface area contributed by atoms with E-state index in [1.807, 2.05) is 20.8 Å². The molecule has 1 aliphatic heterocycles. The number of carbonyl (C=O) groups is 2. The van der Waals surface area contributed by atoms with E-state index in [0.717, 1.165) is 11.3 Å². The third-order valence-electron chi connectivity index (χ3n) is 2.48. The summed E-state index contributed by atoms with van der Waals surface area (Å²) >= 11 is 0. The number of hydrogen-bond donors (Lipinski definition) is 2. The second-order valence-corrected chi connectivity index (χ2v) is 5.30. The molecule has 0 aromatic heterocycles. The Balaban J connectivity index is 2.22. The zero-order valence-corrected chi connectivity index (χ0v) is 10.3. The van der Waals surface area contributed by atoms with Crippen molar-refractivity contribution in [1.29, 1.82) is 0 Å². The Kier molecular flexibility index (Phi) is 2.65. The van der Waals surface area contributed by atoms with Crippen LogP contribution in [0, 0.1) is 0 Å². The van der Waals surface area contributed by atoms with Crippen LogP contribution < -0.4 is 10.6 Å². The molecule has 0 unspecified atom stereocenters. The van der Waals surface area contributed by atoms with E-state index in [2.05, 4.69) is 10.6 Å². The van der Waals surface area contributed by atoms with Gasteiger partial charge in [0.05, 0.1) is 6.42 Å². The summed E-state index contributed by atoms with van der Waals surface area (Å²) in [7, 11) is 0. The van der Waals surface area contributed by atoms with Crippen LogP contribution in [0.5, 0.6) is 0 Å². The fraction of sp³-hybridized carbons (Fsp3) is 0.385. The Morgan fingerprint density at radius 1 is 1.35 bits per heavy atom. The van der Waals surface area contributed by atoms with E-state index in [0.29, 0.717) is 12.0 Å². The first kappa shape index (κ1) is 11.6. The summed E-state index contributed by atoms with van der Waals surface area (Å²) in [4.78, 5) is 23.1. The van der Waals surface area contributed by atoms with Crippen LogP contribution in [-0.2, 0) is 11.2 Å². The summed E-state index contributed by atoms with van der Waals surface area (Å²) in [6, 6.07) is 5.28. The highest BCUT2D eigenvalue weighted by Gasteiger charge is 2.20. The third-order valence-corrected chi connectivity index (χ3v) is 2.48. The highest BCUT2D eigenvalue weighted by atomic mass is 16.2. The van der Waals surface area contributed by atoms with Gasteiger partial charge in [0.2, 0.25) is 5.91 Å². The van der Waals surface area contributed by atoms with Crippen molar-refractivity contribution in [3.63, 3.8) is 0 Å². The van der Waals surface area contributed by atoms with Crippen molar-refractivity contribution in [1.82, 2.24) is 5.32 Å². The predicted molar refractivity (Wildman–Crippen MR) is 66.0 cm³/mol. The molecule has 0 radical (unpaired) electrons. The third kappa shape index (κ3) is 2.64. The van der Waals surface area contributed by atoms with Crippen LogP contribution in [0.25, 0.3) is 0 Å². The van der Waals surface area contributed by atoms with Crippen LogP contribution in [0.4, 0.5) is 5.69 Å². The number of hydrogen-bond acceptors (Lipinski definition) is 2. The molecule has 4 nitrogen and oxygen atoms in total. The van der Waals surface area contributed by atoms with Crippen molar-refractivity contribution >= 4 is 17.5 Å². The van der Waals surface area contributed by atoms with Gasteiger partial charge in [-0.05, 0) is 44.5 Å². The Bertz CT molecular complexity index is 487. The molecular formula is C13H16N2O2. The average Bonchev–Trinajstić information content (AvgIpc) is 2.53. The van der Waals surface area contributed by atoms with Crippen LogP contribution in [0.1, 0.15) is 36.7 Å². The fourth-order valence-corrected chi connectivity index (χ4v) is 1.78. The lowest BCUT2D eigenvalue weighted by Gasteiger charge is -2.20. The number of carbonyl (C=O) groups excluding carboxylic acids is 2. The van der Waals surface area contributed by atoms with Crippen LogP contribution in [0.3, 0.4) is 0 Å². The molecule has 0 saturated heterocycles. The molecule has 0 spiro atoms. The first-order chi connectivity index (χ1) is 7.85. The van der Waals surface area contributed by atoms with Crippen molar-refractivity contribution in [2.75, 3.05) is 5.32 Å². The second kappa shape index (κ2) is 3.87. The summed E-state index contributed by atoms with van der Waals surface area (Å²) in [5.41, 5.74) is 2.03. The summed E-state index contributed by atoms with van der Waals surface area (Å²) in [5, 5.41) is 5.63. The van der Waals surface area contributed by atoms with Gasteiger partial charge in [-0.2, -0.15) is 0 Å². The van der Waals surface area contributed by atoms with E-state index < -0.39 is 0 Å². The smallest absolute Gasteiger partial charge is 0.251 e. The molecule has 1 aromatic carbocycles. The maximum absolute atomic E-state index is 11.9. The van der Waals surface area contributed by atoms with Gasteiger partial charge in [0.1, 0.15) is 0 Å². The minimum atomic E-state index is -0.260. The van der Waals surface area contributed by atoms with E-state index in [4.69, 9.17) is 0 Å². The van der Waals surface area contributed by atoms with Gasteiger partial charge < -0.3 is 10.6 Å². The molecule has 4 heteroatoms. The largest absolute Gasteiger partial charge is 0.347 e. The highest BCUT2D eigenvalue weighted by Crippen LogP contribution is 2.23.